The van der Waals surface area contributed by atoms with Crippen LogP contribution in [-0.4, -0.2) is 56.1 Å². The van der Waals surface area contributed by atoms with Gasteiger partial charge in [-0.25, -0.2) is 14.6 Å². The predicted molar refractivity (Wildman–Crippen MR) is 78.6 cm³/mol. The molecule has 3 heterocycles. The van der Waals surface area contributed by atoms with Crippen LogP contribution in [0.3, 0.4) is 0 Å². The number of nitrogens with zero attached hydrogens (tertiary/aromatic N) is 3. The molecular formula is C15H17N3O4. The molecule has 0 radical (unpaired) electrons. The van der Waals surface area contributed by atoms with Crippen LogP contribution < -0.4 is 0 Å². The number of likely N-dealkylation sites (tertiary alicyclic amines) is 1. The van der Waals surface area contributed by atoms with Crippen molar-refractivity contribution in [1.29, 1.82) is 0 Å². The number of aromatic carboxylic acids is 2. The molecule has 0 amide bonds. The summed E-state index contributed by atoms with van der Waals surface area (Å²) in [4.78, 5) is 29.4. The van der Waals surface area contributed by atoms with E-state index in [2.05, 4.69) is 16.8 Å². The normalized spacial score (nSPS) is 18.9. The summed E-state index contributed by atoms with van der Waals surface area (Å²) >= 11 is 0. The Bertz CT molecular complexity index is 753. The number of hydrogen-bond acceptors (Lipinski definition) is 4. The van der Waals surface area contributed by atoms with Gasteiger partial charge in [-0.05, 0) is 31.6 Å². The molecule has 1 unspecified atom stereocenters. The fraction of sp³-hybridized carbons (Fsp3) is 0.400. The maximum atomic E-state index is 11.5. The molecule has 2 N–H and O–H groups in total. The van der Waals surface area contributed by atoms with E-state index in [4.69, 9.17) is 0 Å². The number of likely N-dealkylation sites (N-methyl/N-ethyl adjacent to an activating group) is 1. The molecule has 0 spiro atoms. The number of carbonyl (C=O) groups is 2. The first kappa shape index (κ1) is 14.5. The van der Waals surface area contributed by atoms with E-state index in [0.717, 1.165) is 26.1 Å². The second-order valence-corrected chi connectivity index (χ2v) is 5.45. The first-order valence-electron chi connectivity index (χ1n) is 7.22. The molecule has 1 aliphatic heterocycles. The van der Waals surface area contributed by atoms with Crippen LogP contribution in [0.4, 0.5) is 0 Å². The molecule has 1 aliphatic rings. The van der Waals surface area contributed by atoms with Crippen LogP contribution in [0.1, 0.15) is 45.9 Å². The molecule has 22 heavy (non-hydrogen) atoms. The topological polar surface area (TPSA) is 95.1 Å². The van der Waals surface area contributed by atoms with Crippen LogP contribution >= 0.6 is 0 Å². The molecule has 2 aromatic heterocycles. The van der Waals surface area contributed by atoms with Gasteiger partial charge in [0.15, 0.2) is 5.69 Å². The highest BCUT2D eigenvalue weighted by molar-refractivity contribution is 6.03. The maximum Gasteiger partial charge on any atom is 0.356 e. The van der Waals surface area contributed by atoms with Gasteiger partial charge >= 0.3 is 11.9 Å². The third-order valence-electron chi connectivity index (χ3n) is 4.21. The van der Waals surface area contributed by atoms with Crippen molar-refractivity contribution in [2.24, 2.45) is 0 Å². The van der Waals surface area contributed by atoms with Crippen LogP contribution in [0.2, 0.25) is 0 Å². The Balaban J connectivity index is 2.18. The summed E-state index contributed by atoms with van der Waals surface area (Å²) in [5, 5.41) is 18.7. The smallest absolute Gasteiger partial charge is 0.356 e. The summed E-state index contributed by atoms with van der Waals surface area (Å²) in [5.41, 5.74) is -0.0700. The maximum absolute atomic E-state index is 11.5. The molecule has 7 heteroatoms. The number of fused-ring (bicyclic) bond motifs is 1. The summed E-state index contributed by atoms with van der Waals surface area (Å²) in [5.74, 6) is -1.61. The molecule has 1 fully saturated rings. The summed E-state index contributed by atoms with van der Waals surface area (Å²) in [6, 6.07) is 3.02. The SMILES string of the molecule is CCN1CCC(c2nc(C(=O)O)c3c(C(=O)O)cccn23)C1. The number of pyridine rings is 1. The minimum absolute atomic E-state index is 0.0380. The first-order valence-corrected chi connectivity index (χ1v) is 7.22. The molecular weight excluding hydrogens is 286 g/mol. The summed E-state index contributed by atoms with van der Waals surface area (Å²) < 4.78 is 1.62. The third kappa shape index (κ3) is 2.23. The number of carboxylic acids is 2. The average Bonchev–Trinajstić information content (AvgIpc) is 3.10. The molecule has 116 valence electrons. The van der Waals surface area contributed by atoms with Gasteiger partial charge in [0.05, 0.1) is 11.1 Å². The van der Waals surface area contributed by atoms with E-state index in [0.29, 0.717) is 5.82 Å². The zero-order chi connectivity index (χ0) is 15.9. The van der Waals surface area contributed by atoms with Crippen molar-refractivity contribution in [3.05, 3.63) is 35.4 Å². The summed E-state index contributed by atoms with van der Waals surface area (Å²) in [6.45, 7) is 4.77. The van der Waals surface area contributed by atoms with Crippen LogP contribution in [0.15, 0.2) is 18.3 Å². The molecule has 0 saturated carbocycles. The fourth-order valence-corrected chi connectivity index (χ4v) is 3.10. The van der Waals surface area contributed by atoms with Gasteiger partial charge in [0.1, 0.15) is 5.82 Å². The lowest BCUT2D eigenvalue weighted by molar-refractivity contribution is 0.0691. The number of imidazole rings is 1. The molecule has 1 saturated heterocycles. The highest BCUT2D eigenvalue weighted by Gasteiger charge is 2.30. The molecule has 0 bridgehead atoms. The summed E-state index contributed by atoms with van der Waals surface area (Å²) in [6.07, 6.45) is 2.58. The Hall–Kier alpha value is -2.41. The van der Waals surface area contributed by atoms with E-state index in [9.17, 15) is 19.8 Å². The third-order valence-corrected chi connectivity index (χ3v) is 4.21. The van der Waals surface area contributed by atoms with Crippen LogP contribution in [-0.2, 0) is 0 Å². The zero-order valence-electron chi connectivity index (χ0n) is 12.2. The lowest BCUT2D eigenvalue weighted by Crippen LogP contribution is -2.19. The predicted octanol–water partition coefficient (Wildman–Crippen LogP) is 1.54. The fourth-order valence-electron chi connectivity index (χ4n) is 3.10. The van der Waals surface area contributed by atoms with Gasteiger partial charge in [0, 0.05) is 18.7 Å². The Morgan fingerprint density at radius 1 is 1.36 bits per heavy atom. The van der Waals surface area contributed by atoms with E-state index in [-0.39, 0.29) is 22.7 Å². The van der Waals surface area contributed by atoms with Crippen molar-refractivity contribution in [3.63, 3.8) is 0 Å². The van der Waals surface area contributed by atoms with Gasteiger partial charge in [-0.2, -0.15) is 0 Å². The lowest BCUT2D eigenvalue weighted by Gasteiger charge is -2.12. The van der Waals surface area contributed by atoms with E-state index >= 15 is 0 Å². The molecule has 0 aliphatic carbocycles. The van der Waals surface area contributed by atoms with Gasteiger partial charge in [-0.3, -0.25) is 0 Å². The highest BCUT2D eigenvalue weighted by atomic mass is 16.4. The van der Waals surface area contributed by atoms with E-state index in [1.807, 2.05) is 0 Å². The molecule has 3 rings (SSSR count). The average molecular weight is 303 g/mol. The Labute approximate surface area is 126 Å². The highest BCUT2D eigenvalue weighted by Crippen LogP contribution is 2.29. The second kappa shape index (κ2) is 5.42. The van der Waals surface area contributed by atoms with Crippen LogP contribution in [0.25, 0.3) is 5.52 Å². The van der Waals surface area contributed by atoms with Crippen LogP contribution in [0, 0.1) is 0 Å². The number of aromatic nitrogens is 2. The van der Waals surface area contributed by atoms with Crippen molar-refractivity contribution in [2.45, 2.75) is 19.3 Å². The minimum atomic E-state index is -1.21. The second-order valence-electron chi connectivity index (χ2n) is 5.45. The van der Waals surface area contributed by atoms with E-state index in [1.165, 1.54) is 6.07 Å². The number of hydrogen-bond donors (Lipinski definition) is 2. The van der Waals surface area contributed by atoms with Gasteiger partial charge in [-0.15, -0.1) is 0 Å². The van der Waals surface area contributed by atoms with Crippen molar-refractivity contribution in [2.75, 3.05) is 19.6 Å². The first-order chi connectivity index (χ1) is 10.5. The lowest BCUT2D eigenvalue weighted by atomic mass is 10.1. The molecule has 7 nitrogen and oxygen atoms in total. The van der Waals surface area contributed by atoms with Gasteiger partial charge in [0.25, 0.3) is 0 Å². The van der Waals surface area contributed by atoms with E-state index in [1.54, 1.807) is 16.7 Å². The van der Waals surface area contributed by atoms with Crippen molar-refractivity contribution in [3.8, 4) is 0 Å². The minimum Gasteiger partial charge on any atom is -0.478 e. The monoisotopic (exact) mass is 303 g/mol. The number of rotatable bonds is 4. The van der Waals surface area contributed by atoms with Crippen molar-refractivity contribution in [1.82, 2.24) is 14.3 Å². The van der Waals surface area contributed by atoms with Crippen molar-refractivity contribution < 1.29 is 19.8 Å². The summed E-state index contributed by atoms with van der Waals surface area (Å²) in [7, 11) is 0. The van der Waals surface area contributed by atoms with Gasteiger partial charge < -0.3 is 19.5 Å². The van der Waals surface area contributed by atoms with Crippen molar-refractivity contribution >= 4 is 17.5 Å². The standard InChI is InChI=1S/C15H17N3O4/c1-2-17-7-5-9(8-17)13-16-11(15(21)22)12-10(14(19)20)4-3-6-18(12)13/h3-4,6,9H,2,5,7-8H2,1H3,(H,19,20)(H,21,22). The zero-order valence-corrected chi connectivity index (χ0v) is 12.2. The van der Waals surface area contributed by atoms with E-state index < -0.39 is 11.9 Å². The van der Waals surface area contributed by atoms with Gasteiger partial charge in [0.2, 0.25) is 0 Å². The Morgan fingerprint density at radius 3 is 2.73 bits per heavy atom. The quantitative estimate of drug-likeness (QED) is 0.889. The molecule has 2 aromatic rings. The van der Waals surface area contributed by atoms with Gasteiger partial charge in [-0.1, -0.05) is 6.92 Å². The Kier molecular flexibility index (Phi) is 3.58. The largest absolute Gasteiger partial charge is 0.478 e. The number of carboxylic acid groups (broad SMARTS) is 2. The van der Waals surface area contributed by atoms with Crippen LogP contribution in [0.5, 0.6) is 0 Å². The molecule has 0 aromatic carbocycles. The Morgan fingerprint density at radius 2 is 2.14 bits per heavy atom. The molecule has 1 atom stereocenters.